The third kappa shape index (κ3) is 10.8. The predicted octanol–water partition coefficient (Wildman–Crippen LogP) is 9.35. The fraction of sp³-hybridized carbons (Fsp3) is 0.630. The number of likely N-dealkylation sites (N-methyl/N-ethyl adjacent to an activating group) is 1. The molecule has 2 aliphatic carbocycles. The average molecular weight is 893 g/mol. The molecule has 348 valence electrons. The highest BCUT2D eigenvalue weighted by Gasteiger charge is 2.42. The molecule has 0 radical (unpaired) electrons. The van der Waals surface area contributed by atoms with Gasteiger partial charge in [0.15, 0.2) is 0 Å². The van der Waals surface area contributed by atoms with E-state index in [0.717, 1.165) is 76.3 Å². The van der Waals surface area contributed by atoms with Crippen LogP contribution in [-0.4, -0.2) is 79.8 Å². The van der Waals surface area contributed by atoms with Crippen molar-refractivity contribution in [3.05, 3.63) is 62.6 Å². The number of amides is 4. The van der Waals surface area contributed by atoms with Gasteiger partial charge in [-0.2, -0.15) is 26.3 Å². The molecule has 3 aromatic rings. The topological polar surface area (TPSA) is 117 Å². The first-order valence-corrected chi connectivity index (χ1v) is 22.5. The average Bonchev–Trinajstić information content (AvgIpc) is 3.69. The molecule has 0 unspecified atom stereocenters. The van der Waals surface area contributed by atoms with Crippen LogP contribution in [0.4, 0.5) is 32.0 Å². The highest BCUT2D eigenvalue weighted by molar-refractivity contribution is 6.04. The number of fused-ring (bicyclic) bond motifs is 2. The molecule has 1 aliphatic heterocycles. The van der Waals surface area contributed by atoms with E-state index in [0.29, 0.717) is 12.1 Å². The SMILES string of the molecule is CCC(=O)NCCn1c(=O)n(CC)c2cc(C(F)(F)F)c(C(=O)N(C(C)C)C3CCCCC3)cc21.CCN1C(=O)Cc2cc(C(=O)N(C(C)C)C3CCCCC3)c(C(F)(F)F)cc21. The van der Waals surface area contributed by atoms with E-state index in [2.05, 4.69) is 5.32 Å². The Hall–Kier alpha value is -4.83. The second kappa shape index (κ2) is 20.3. The van der Waals surface area contributed by atoms with Crippen LogP contribution in [0.1, 0.15) is 157 Å². The highest BCUT2D eigenvalue weighted by atomic mass is 19.4. The third-order valence-electron chi connectivity index (χ3n) is 12.5. The molecule has 2 fully saturated rings. The minimum absolute atomic E-state index is 0.0344. The van der Waals surface area contributed by atoms with Gasteiger partial charge in [-0.1, -0.05) is 45.4 Å². The first-order chi connectivity index (χ1) is 29.7. The lowest BCUT2D eigenvalue weighted by Crippen LogP contribution is -2.46. The van der Waals surface area contributed by atoms with E-state index in [1.807, 2.05) is 27.7 Å². The molecular weight excluding hydrogens is 831 g/mol. The lowest BCUT2D eigenvalue weighted by atomic mass is 9.92. The van der Waals surface area contributed by atoms with Crippen molar-refractivity contribution in [2.45, 2.75) is 175 Å². The normalized spacial score (nSPS) is 16.4. The number of anilines is 1. The number of halogens is 6. The van der Waals surface area contributed by atoms with E-state index in [4.69, 9.17) is 0 Å². The summed E-state index contributed by atoms with van der Waals surface area (Å²) in [5.41, 5.74) is -2.09. The van der Waals surface area contributed by atoms with Gasteiger partial charge < -0.3 is 20.0 Å². The number of hydrogen-bond acceptors (Lipinski definition) is 5. The molecule has 2 saturated carbocycles. The molecular formula is C46H62F6N6O5. The van der Waals surface area contributed by atoms with E-state index in [-0.39, 0.29) is 90.7 Å². The van der Waals surface area contributed by atoms with Gasteiger partial charge in [-0.3, -0.25) is 28.3 Å². The largest absolute Gasteiger partial charge is 0.417 e. The van der Waals surface area contributed by atoms with Crippen molar-refractivity contribution in [1.82, 2.24) is 24.3 Å². The molecule has 11 nitrogen and oxygen atoms in total. The minimum Gasteiger partial charge on any atom is -0.354 e. The summed E-state index contributed by atoms with van der Waals surface area (Å²) in [6, 6.07) is 3.81. The summed E-state index contributed by atoms with van der Waals surface area (Å²) in [5.74, 6) is -1.67. The Labute approximate surface area is 365 Å². The summed E-state index contributed by atoms with van der Waals surface area (Å²) < 4.78 is 86.7. The Bertz CT molecular complexity index is 2200. The Morgan fingerprint density at radius 3 is 1.60 bits per heavy atom. The zero-order valence-corrected chi connectivity index (χ0v) is 37.5. The Kier molecular flexibility index (Phi) is 15.9. The van der Waals surface area contributed by atoms with Crippen LogP contribution in [-0.2, 0) is 41.5 Å². The number of carbonyl (C=O) groups is 4. The second-order valence-corrected chi connectivity index (χ2v) is 17.3. The molecule has 1 aromatic heterocycles. The predicted molar refractivity (Wildman–Crippen MR) is 230 cm³/mol. The number of nitrogens with one attached hydrogen (secondary N) is 1. The van der Waals surface area contributed by atoms with E-state index < -0.39 is 46.5 Å². The maximum atomic E-state index is 14.2. The van der Waals surface area contributed by atoms with Gasteiger partial charge in [0.1, 0.15) is 0 Å². The first-order valence-electron chi connectivity index (χ1n) is 22.5. The number of alkyl halides is 6. The van der Waals surface area contributed by atoms with Crippen LogP contribution in [0.5, 0.6) is 0 Å². The summed E-state index contributed by atoms with van der Waals surface area (Å²) in [6.07, 6.45) is 0.0522. The Morgan fingerprint density at radius 1 is 0.683 bits per heavy atom. The maximum absolute atomic E-state index is 14.2. The molecule has 0 saturated heterocycles. The highest BCUT2D eigenvalue weighted by Crippen LogP contribution is 2.41. The zero-order valence-electron chi connectivity index (χ0n) is 37.5. The quantitative estimate of drug-likeness (QED) is 0.182. The Balaban J connectivity index is 0.000000243. The third-order valence-corrected chi connectivity index (χ3v) is 12.5. The molecule has 1 N–H and O–H groups in total. The van der Waals surface area contributed by atoms with E-state index in [9.17, 15) is 50.3 Å². The summed E-state index contributed by atoms with van der Waals surface area (Å²) >= 11 is 0. The monoisotopic (exact) mass is 892 g/mol. The summed E-state index contributed by atoms with van der Waals surface area (Å²) in [7, 11) is 0. The van der Waals surface area contributed by atoms with Gasteiger partial charge in [0, 0.05) is 62.5 Å². The van der Waals surface area contributed by atoms with E-state index >= 15 is 0 Å². The van der Waals surface area contributed by atoms with Crippen molar-refractivity contribution in [1.29, 1.82) is 0 Å². The molecule has 2 heterocycles. The molecule has 6 rings (SSSR count). The van der Waals surface area contributed by atoms with Crippen LogP contribution in [0.15, 0.2) is 29.1 Å². The smallest absolute Gasteiger partial charge is 0.354 e. The number of aromatic nitrogens is 2. The number of hydrogen-bond donors (Lipinski definition) is 1. The number of aryl methyl sites for hydroxylation is 1. The Morgan fingerprint density at radius 2 is 1.16 bits per heavy atom. The van der Waals surface area contributed by atoms with Crippen LogP contribution in [0.25, 0.3) is 11.0 Å². The molecule has 17 heteroatoms. The summed E-state index contributed by atoms with van der Waals surface area (Å²) in [5, 5.41) is 2.69. The van der Waals surface area contributed by atoms with E-state index in [1.54, 1.807) is 30.6 Å². The molecule has 3 aliphatic rings. The van der Waals surface area contributed by atoms with Gasteiger partial charge >= 0.3 is 18.0 Å². The van der Waals surface area contributed by atoms with Gasteiger partial charge in [-0.25, -0.2) is 4.79 Å². The van der Waals surface area contributed by atoms with Crippen LogP contribution in [0.2, 0.25) is 0 Å². The molecule has 0 atom stereocenters. The van der Waals surface area contributed by atoms with Crippen molar-refractivity contribution in [2.24, 2.45) is 0 Å². The number of carbonyl (C=O) groups excluding carboxylic acids is 4. The van der Waals surface area contributed by atoms with Gasteiger partial charge in [0.25, 0.3) is 11.8 Å². The lowest BCUT2D eigenvalue weighted by molar-refractivity contribution is -0.138. The van der Waals surface area contributed by atoms with Crippen LogP contribution in [0, 0.1) is 0 Å². The summed E-state index contributed by atoms with van der Waals surface area (Å²) in [6.45, 7) is 13.1. The van der Waals surface area contributed by atoms with Crippen molar-refractivity contribution in [2.75, 3.05) is 18.0 Å². The number of rotatable bonds is 12. The molecule has 0 bridgehead atoms. The van der Waals surface area contributed by atoms with Crippen molar-refractivity contribution in [3.8, 4) is 0 Å². The molecule has 0 spiro atoms. The van der Waals surface area contributed by atoms with Gasteiger partial charge in [-0.05, 0) is 97.1 Å². The number of imidazole rings is 1. The van der Waals surface area contributed by atoms with Crippen molar-refractivity contribution < 1.29 is 45.5 Å². The van der Waals surface area contributed by atoms with Gasteiger partial charge in [-0.15, -0.1) is 0 Å². The fourth-order valence-corrected chi connectivity index (χ4v) is 9.54. The van der Waals surface area contributed by atoms with E-state index in [1.165, 1.54) is 26.2 Å². The lowest BCUT2D eigenvalue weighted by Gasteiger charge is -2.38. The van der Waals surface area contributed by atoms with Gasteiger partial charge in [0.05, 0.1) is 39.7 Å². The zero-order chi connectivity index (χ0) is 46.6. The molecule has 63 heavy (non-hydrogen) atoms. The first kappa shape index (κ1) is 49.2. The van der Waals surface area contributed by atoms with Crippen LogP contribution < -0.4 is 15.9 Å². The van der Waals surface area contributed by atoms with Crippen molar-refractivity contribution in [3.63, 3.8) is 0 Å². The van der Waals surface area contributed by atoms with Crippen molar-refractivity contribution >= 4 is 40.3 Å². The minimum atomic E-state index is -4.76. The fourth-order valence-electron chi connectivity index (χ4n) is 9.54. The molecule has 4 amide bonds. The molecule has 2 aromatic carbocycles. The second-order valence-electron chi connectivity index (χ2n) is 17.3. The van der Waals surface area contributed by atoms with Crippen LogP contribution in [0.3, 0.4) is 0 Å². The summed E-state index contributed by atoms with van der Waals surface area (Å²) in [4.78, 5) is 68.3. The maximum Gasteiger partial charge on any atom is 0.417 e. The van der Waals surface area contributed by atoms with Gasteiger partial charge in [0.2, 0.25) is 11.8 Å². The van der Waals surface area contributed by atoms with Crippen LogP contribution >= 0.6 is 0 Å². The standard InChI is InChI=1S/C25H35F3N4O3.C21H27F3N2O2/c1-5-22(33)29-12-13-31-20-14-18(23(34)32(16(3)4)17-10-8-7-9-11-17)19(25(26,27)28)15-21(20)30(6-2)24(31)35;1-4-25-18-12-17(21(22,23)24)16(10-14(18)11-19(25)27)20(28)26(13(2)3)15-8-6-5-7-9-15/h14-17H,5-13H2,1-4H3,(H,29,33);10,12-13,15H,4-9,11H2,1-3H3. The number of nitrogens with zero attached hydrogens (tertiary/aromatic N) is 5. The number of benzene rings is 2.